The highest BCUT2D eigenvalue weighted by atomic mass is 32.1. The van der Waals surface area contributed by atoms with Gasteiger partial charge < -0.3 is 20.6 Å². The van der Waals surface area contributed by atoms with Crippen molar-refractivity contribution in [2.75, 3.05) is 13.2 Å². The van der Waals surface area contributed by atoms with Crippen molar-refractivity contribution in [3.05, 3.63) is 41.0 Å². The van der Waals surface area contributed by atoms with Crippen LogP contribution in [0.25, 0.3) is 10.4 Å². The van der Waals surface area contributed by atoms with Crippen molar-refractivity contribution < 1.29 is 23.9 Å². The van der Waals surface area contributed by atoms with Gasteiger partial charge >= 0.3 is 0 Å². The first-order valence-electron chi connectivity index (χ1n) is 13.0. The Morgan fingerprint density at radius 3 is 2.39 bits per heavy atom. The Bertz CT molecular complexity index is 1130. The highest BCUT2D eigenvalue weighted by Gasteiger charge is 2.45. The van der Waals surface area contributed by atoms with Crippen LogP contribution < -0.4 is 10.6 Å². The number of nitrogens with one attached hydrogen (secondary N) is 2. The number of aromatic nitrogens is 1. The van der Waals surface area contributed by atoms with E-state index in [1.54, 1.807) is 24.6 Å². The summed E-state index contributed by atoms with van der Waals surface area (Å²) in [6.45, 7) is 10.3. The summed E-state index contributed by atoms with van der Waals surface area (Å²) in [7, 11) is 0. The number of carbonyl (C=O) groups excluding carboxylic acids is 3. The van der Waals surface area contributed by atoms with Crippen molar-refractivity contribution >= 4 is 29.1 Å². The fraction of sp³-hybridized carbons (Fsp3) is 0.571. The van der Waals surface area contributed by atoms with Gasteiger partial charge in [0.15, 0.2) is 0 Å². The molecule has 0 aliphatic carbocycles. The number of carbonyl (C=O) groups is 3. The smallest absolute Gasteiger partial charge is 0.246 e. The predicted molar refractivity (Wildman–Crippen MR) is 146 cm³/mol. The van der Waals surface area contributed by atoms with Gasteiger partial charge in [0.25, 0.3) is 0 Å². The molecule has 0 saturated carbocycles. The largest absolute Gasteiger partial charge is 0.391 e. The van der Waals surface area contributed by atoms with Gasteiger partial charge in [-0.2, -0.15) is 0 Å². The van der Waals surface area contributed by atoms with Crippen LogP contribution in [0.1, 0.15) is 64.8 Å². The molecule has 3 amide bonds. The molecule has 1 fully saturated rings. The third-order valence-electron chi connectivity index (χ3n) is 7.12. The number of hydrogen-bond donors (Lipinski definition) is 3. The first kappa shape index (κ1) is 29.7. The topological polar surface area (TPSA) is 112 Å². The van der Waals surface area contributed by atoms with Crippen LogP contribution in [0.4, 0.5) is 4.39 Å². The summed E-state index contributed by atoms with van der Waals surface area (Å²) in [5, 5.41) is 15.9. The SMILES string of the molecule is CCC(C)C(=O)NC(C(=O)N1CC(O)CC1C(=O)NC(CF)c1ccc(-c2scnc2C)cc1)C(C)(C)C. The average molecular weight is 547 g/mol. The molecule has 38 heavy (non-hydrogen) atoms. The molecule has 1 aromatic heterocycles. The van der Waals surface area contributed by atoms with E-state index in [0.29, 0.717) is 12.0 Å². The molecule has 5 unspecified atom stereocenters. The predicted octanol–water partition coefficient (Wildman–Crippen LogP) is 3.78. The minimum atomic E-state index is -0.976. The van der Waals surface area contributed by atoms with E-state index in [4.69, 9.17) is 0 Å². The molecule has 1 aromatic carbocycles. The zero-order valence-electron chi connectivity index (χ0n) is 23.0. The summed E-state index contributed by atoms with van der Waals surface area (Å²) in [4.78, 5) is 46.2. The summed E-state index contributed by atoms with van der Waals surface area (Å²) in [5.74, 6) is -1.49. The summed E-state index contributed by atoms with van der Waals surface area (Å²) in [6, 6.07) is 4.51. The number of benzene rings is 1. The number of amides is 3. The molecular weight excluding hydrogens is 507 g/mol. The number of likely N-dealkylation sites (tertiary alicyclic amines) is 1. The molecule has 3 rings (SSSR count). The molecule has 3 N–H and O–H groups in total. The first-order valence-corrected chi connectivity index (χ1v) is 13.9. The number of aryl methyl sites for hydroxylation is 1. The molecule has 10 heteroatoms. The van der Waals surface area contributed by atoms with Gasteiger partial charge in [0.2, 0.25) is 17.7 Å². The molecule has 0 radical (unpaired) electrons. The molecule has 5 atom stereocenters. The zero-order chi connectivity index (χ0) is 28.2. The third kappa shape index (κ3) is 6.77. The van der Waals surface area contributed by atoms with E-state index in [1.807, 2.05) is 46.8 Å². The number of halogens is 1. The monoisotopic (exact) mass is 546 g/mol. The van der Waals surface area contributed by atoms with Crippen LogP contribution in [0.3, 0.4) is 0 Å². The molecular formula is C28H39FN4O4S. The molecule has 208 valence electrons. The van der Waals surface area contributed by atoms with E-state index in [9.17, 15) is 23.9 Å². The summed E-state index contributed by atoms with van der Waals surface area (Å²) >= 11 is 1.52. The molecule has 2 aromatic rings. The van der Waals surface area contributed by atoms with Crippen molar-refractivity contribution in [1.29, 1.82) is 0 Å². The Balaban J connectivity index is 1.77. The number of nitrogens with zero attached hydrogens (tertiary/aromatic N) is 2. The van der Waals surface area contributed by atoms with E-state index in [1.165, 1.54) is 16.2 Å². The van der Waals surface area contributed by atoms with Gasteiger partial charge in [-0.05, 0) is 29.9 Å². The van der Waals surface area contributed by atoms with Crippen LogP contribution in [0.15, 0.2) is 29.8 Å². The number of rotatable bonds is 9. The van der Waals surface area contributed by atoms with E-state index >= 15 is 0 Å². The number of thiazole rings is 1. The second kappa shape index (κ2) is 12.3. The molecule has 1 aliphatic heterocycles. The Morgan fingerprint density at radius 2 is 1.87 bits per heavy atom. The molecule has 8 nitrogen and oxygen atoms in total. The van der Waals surface area contributed by atoms with Gasteiger partial charge in [0.1, 0.15) is 18.8 Å². The highest BCUT2D eigenvalue weighted by molar-refractivity contribution is 7.13. The molecule has 0 spiro atoms. The Morgan fingerprint density at radius 1 is 1.21 bits per heavy atom. The van der Waals surface area contributed by atoms with Crippen molar-refractivity contribution in [3.8, 4) is 10.4 Å². The summed E-state index contributed by atoms with van der Waals surface area (Å²) < 4.78 is 14.1. The van der Waals surface area contributed by atoms with Crippen molar-refractivity contribution in [2.24, 2.45) is 11.3 Å². The summed E-state index contributed by atoms with van der Waals surface area (Å²) in [5.41, 5.74) is 3.61. The zero-order valence-corrected chi connectivity index (χ0v) is 23.8. The molecule has 2 heterocycles. The van der Waals surface area contributed by atoms with Crippen molar-refractivity contribution in [2.45, 2.75) is 78.6 Å². The molecule has 0 bridgehead atoms. The number of alkyl halides is 1. The number of β-amino-alcohol motifs (C(OH)–C–C–N with tert-alkyl or cyclic N) is 1. The summed E-state index contributed by atoms with van der Waals surface area (Å²) in [6.07, 6.45) is -0.234. The van der Waals surface area contributed by atoms with Crippen LogP contribution in [-0.2, 0) is 14.4 Å². The maximum atomic E-state index is 14.1. The minimum absolute atomic E-state index is 0.0358. The number of aliphatic hydroxyl groups is 1. The number of hydrogen-bond acceptors (Lipinski definition) is 6. The van der Waals surface area contributed by atoms with Crippen LogP contribution in [0.2, 0.25) is 0 Å². The van der Waals surface area contributed by atoms with Crippen LogP contribution >= 0.6 is 11.3 Å². The second-order valence-corrected chi connectivity index (χ2v) is 12.0. The maximum Gasteiger partial charge on any atom is 0.246 e. The number of aliphatic hydroxyl groups excluding tert-OH is 1. The molecule has 1 saturated heterocycles. The van der Waals surface area contributed by atoms with E-state index in [2.05, 4.69) is 15.6 Å². The van der Waals surface area contributed by atoms with Crippen LogP contribution in [-0.4, -0.2) is 64.1 Å². The van der Waals surface area contributed by atoms with Crippen LogP contribution in [0, 0.1) is 18.3 Å². The third-order valence-corrected chi connectivity index (χ3v) is 8.09. The van der Waals surface area contributed by atoms with Gasteiger partial charge in [-0.25, -0.2) is 9.37 Å². The van der Waals surface area contributed by atoms with Crippen molar-refractivity contribution in [3.63, 3.8) is 0 Å². The van der Waals surface area contributed by atoms with Gasteiger partial charge in [-0.1, -0.05) is 58.9 Å². The lowest BCUT2D eigenvalue weighted by atomic mass is 9.85. The lowest BCUT2D eigenvalue weighted by Crippen LogP contribution is -2.58. The van der Waals surface area contributed by atoms with E-state index in [-0.39, 0.29) is 24.8 Å². The van der Waals surface area contributed by atoms with E-state index < -0.39 is 48.1 Å². The Hall–Kier alpha value is -2.85. The van der Waals surface area contributed by atoms with E-state index in [0.717, 1.165) is 16.1 Å². The van der Waals surface area contributed by atoms with Gasteiger partial charge in [-0.3, -0.25) is 14.4 Å². The van der Waals surface area contributed by atoms with Gasteiger partial charge in [-0.15, -0.1) is 11.3 Å². The minimum Gasteiger partial charge on any atom is -0.391 e. The van der Waals surface area contributed by atoms with Crippen molar-refractivity contribution in [1.82, 2.24) is 20.5 Å². The highest BCUT2D eigenvalue weighted by Crippen LogP contribution is 2.30. The fourth-order valence-electron chi connectivity index (χ4n) is 4.51. The van der Waals surface area contributed by atoms with Crippen LogP contribution in [0.5, 0.6) is 0 Å². The van der Waals surface area contributed by atoms with Gasteiger partial charge in [0, 0.05) is 18.9 Å². The average Bonchev–Trinajstić information content (AvgIpc) is 3.49. The normalized spacial score (nSPS) is 20.1. The second-order valence-electron chi connectivity index (χ2n) is 11.1. The fourth-order valence-corrected chi connectivity index (χ4v) is 5.33. The quantitative estimate of drug-likeness (QED) is 0.443. The lowest BCUT2D eigenvalue weighted by Gasteiger charge is -2.36. The molecule has 1 aliphatic rings. The lowest BCUT2D eigenvalue weighted by molar-refractivity contribution is -0.144. The van der Waals surface area contributed by atoms with Gasteiger partial charge in [0.05, 0.1) is 28.2 Å². The Kier molecular flexibility index (Phi) is 9.64. The standard InChI is InChI=1S/C28H39FN4O4S/c1-7-16(2)25(35)32-24(28(4,5)6)27(37)33-14-20(34)12-22(33)26(36)31-21(13-29)18-8-10-19(11-9-18)23-17(3)30-15-38-23/h8-11,15-16,20-22,24,34H,7,12-14H2,1-6H3,(H,31,36)(H,32,35). The first-order chi connectivity index (χ1) is 17.9. The maximum absolute atomic E-state index is 14.1. The Labute approximate surface area is 228 Å².